The monoisotopic (exact) mass is 618 g/mol. The van der Waals surface area contributed by atoms with Gasteiger partial charge in [-0.25, -0.2) is 15.0 Å². The van der Waals surface area contributed by atoms with Crippen LogP contribution in [0.25, 0.3) is 0 Å². The zero-order valence-corrected chi connectivity index (χ0v) is 26.0. The quantitative estimate of drug-likeness (QED) is 0.398. The molecule has 2 aromatic heterocycles. The summed E-state index contributed by atoms with van der Waals surface area (Å²) in [6, 6.07) is 13.1. The second kappa shape index (κ2) is 11.4. The SMILES string of the molecule is Cc1ncnc(C)c1C(=O)N1CCC(C)(N2CCN([C@H]3c4ccc(Br)cc4C[C@H]3Oc3ccccn3)[C@@H](C)C2)CC1. The fourth-order valence-electron chi connectivity index (χ4n) is 7.08. The number of pyridine rings is 1. The van der Waals surface area contributed by atoms with Gasteiger partial charge in [-0.1, -0.05) is 28.1 Å². The first-order chi connectivity index (χ1) is 19.7. The van der Waals surface area contributed by atoms with E-state index in [1.165, 1.54) is 17.5 Å². The summed E-state index contributed by atoms with van der Waals surface area (Å²) in [4.78, 5) is 33.7. The first-order valence-corrected chi connectivity index (χ1v) is 15.5. The van der Waals surface area contributed by atoms with Crippen LogP contribution in [0.2, 0.25) is 0 Å². The van der Waals surface area contributed by atoms with Crippen molar-refractivity contribution < 1.29 is 9.53 Å². The summed E-state index contributed by atoms with van der Waals surface area (Å²) in [5, 5.41) is 0. The molecule has 3 atom stereocenters. The Bertz CT molecular complexity index is 1390. The first-order valence-electron chi connectivity index (χ1n) is 14.7. The molecule has 1 aliphatic carbocycles. The number of ether oxygens (including phenoxy) is 1. The Balaban J connectivity index is 1.14. The number of halogens is 1. The van der Waals surface area contributed by atoms with Crippen LogP contribution in [0.15, 0.2) is 53.4 Å². The van der Waals surface area contributed by atoms with Crippen molar-refractivity contribution in [3.05, 3.63) is 81.5 Å². The number of hydrogen-bond donors (Lipinski definition) is 0. The second-order valence-corrected chi connectivity index (χ2v) is 13.0. The molecule has 9 heteroatoms. The van der Waals surface area contributed by atoms with Gasteiger partial charge in [0.05, 0.1) is 23.0 Å². The maximum absolute atomic E-state index is 13.4. The summed E-state index contributed by atoms with van der Waals surface area (Å²) in [7, 11) is 0. The molecule has 41 heavy (non-hydrogen) atoms. The molecule has 1 amide bonds. The molecule has 0 radical (unpaired) electrons. The molecule has 4 heterocycles. The van der Waals surface area contributed by atoms with Gasteiger partial charge in [-0.05, 0) is 69.9 Å². The van der Waals surface area contributed by atoms with E-state index in [-0.39, 0.29) is 23.6 Å². The van der Waals surface area contributed by atoms with E-state index < -0.39 is 0 Å². The molecule has 1 aromatic carbocycles. The number of benzene rings is 1. The van der Waals surface area contributed by atoms with Crippen LogP contribution in [0.3, 0.4) is 0 Å². The number of fused-ring (bicyclic) bond motifs is 1. The number of carbonyl (C=O) groups excluding carboxylic acids is 1. The van der Waals surface area contributed by atoms with Gasteiger partial charge < -0.3 is 9.64 Å². The van der Waals surface area contributed by atoms with Crippen molar-refractivity contribution in [2.75, 3.05) is 32.7 Å². The van der Waals surface area contributed by atoms with E-state index in [9.17, 15) is 4.79 Å². The summed E-state index contributed by atoms with van der Waals surface area (Å²) in [6.45, 7) is 13.0. The number of likely N-dealkylation sites (tertiary alicyclic amines) is 1. The van der Waals surface area contributed by atoms with E-state index in [0.717, 1.165) is 67.8 Å². The van der Waals surface area contributed by atoms with Crippen LogP contribution in [0.1, 0.15) is 65.6 Å². The summed E-state index contributed by atoms with van der Waals surface area (Å²) in [5.41, 5.74) is 4.95. The molecule has 8 nitrogen and oxygen atoms in total. The van der Waals surface area contributed by atoms with Gasteiger partial charge in [0.1, 0.15) is 12.4 Å². The number of piperazine rings is 1. The van der Waals surface area contributed by atoms with Crippen LogP contribution >= 0.6 is 15.9 Å². The third-order valence-corrected chi connectivity index (χ3v) is 9.97. The molecule has 2 aliphatic heterocycles. The van der Waals surface area contributed by atoms with E-state index in [0.29, 0.717) is 17.5 Å². The highest BCUT2D eigenvalue weighted by Crippen LogP contribution is 2.42. The molecule has 0 bridgehead atoms. The zero-order chi connectivity index (χ0) is 28.7. The molecule has 2 fully saturated rings. The van der Waals surface area contributed by atoms with Crippen molar-refractivity contribution in [3.63, 3.8) is 0 Å². The Labute approximate surface area is 251 Å². The predicted octanol–water partition coefficient (Wildman–Crippen LogP) is 5.00. The normalized spacial score (nSPS) is 24.7. The molecule has 3 aliphatic rings. The first kappa shape index (κ1) is 28.2. The highest BCUT2D eigenvalue weighted by atomic mass is 79.9. The van der Waals surface area contributed by atoms with Crippen LogP contribution in [-0.4, -0.2) is 86.0 Å². The van der Waals surface area contributed by atoms with Crippen LogP contribution in [0.4, 0.5) is 0 Å². The Morgan fingerprint density at radius 3 is 2.46 bits per heavy atom. The van der Waals surface area contributed by atoms with Gasteiger partial charge in [-0.3, -0.25) is 14.6 Å². The van der Waals surface area contributed by atoms with E-state index in [2.05, 4.69) is 72.7 Å². The number of hydrogen-bond acceptors (Lipinski definition) is 7. The van der Waals surface area contributed by atoms with Gasteiger partial charge in [0.2, 0.25) is 5.88 Å². The summed E-state index contributed by atoms with van der Waals surface area (Å²) < 4.78 is 7.64. The summed E-state index contributed by atoms with van der Waals surface area (Å²) >= 11 is 3.67. The molecule has 0 saturated carbocycles. The largest absolute Gasteiger partial charge is 0.472 e. The molecule has 2 saturated heterocycles. The smallest absolute Gasteiger partial charge is 0.257 e. The topological polar surface area (TPSA) is 74.7 Å². The number of carbonyl (C=O) groups is 1. The number of aromatic nitrogens is 3. The van der Waals surface area contributed by atoms with Gasteiger partial charge in [-0.2, -0.15) is 0 Å². The van der Waals surface area contributed by atoms with Crippen molar-refractivity contribution in [3.8, 4) is 5.88 Å². The Kier molecular flexibility index (Phi) is 7.87. The van der Waals surface area contributed by atoms with E-state index in [1.807, 2.05) is 36.9 Å². The fraction of sp³-hybridized carbons (Fsp3) is 0.500. The fourth-order valence-corrected chi connectivity index (χ4v) is 7.49. The average molecular weight is 620 g/mol. The number of rotatable bonds is 5. The lowest BCUT2D eigenvalue weighted by atomic mass is 9.86. The molecule has 216 valence electrons. The number of nitrogens with zero attached hydrogens (tertiary/aromatic N) is 6. The van der Waals surface area contributed by atoms with Crippen LogP contribution in [0, 0.1) is 13.8 Å². The van der Waals surface area contributed by atoms with Gasteiger partial charge in [-0.15, -0.1) is 0 Å². The molecule has 3 aromatic rings. The minimum absolute atomic E-state index is 0.0157. The molecule has 0 unspecified atom stereocenters. The lowest BCUT2D eigenvalue weighted by molar-refractivity contribution is -0.0455. The highest BCUT2D eigenvalue weighted by Gasteiger charge is 2.45. The third kappa shape index (κ3) is 5.51. The minimum Gasteiger partial charge on any atom is -0.472 e. The molecule has 0 N–H and O–H groups in total. The average Bonchev–Trinajstić information content (AvgIpc) is 3.30. The van der Waals surface area contributed by atoms with Crippen molar-refractivity contribution >= 4 is 21.8 Å². The highest BCUT2D eigenvalue weighted by molar-refractivity contribution is 9.10. The van der Waals surface area contributed by atoms with E-state index >= 15 is 0 Å². The van der Waals surface area contributed by atoms with Crippen molar-refractivity contribution in [1.29, 1.82) is 0 Å². The van der Waals surface area contributed by atoms with E-state index in [1.54, 1.807) is 6.20 Å². The third-order valence-electron chi connectivity index (χ3n) is 9.47. The second-order valence-electron chi connectivity index (χ2n) is 12.1. The van der Waals surface area contributed by atoms with Crippen LogP contribution < -0.4 is 4.74 Å². The maximum atomic E-state index is 13.4. The molecular weight excluding hydrogens is 580 g/mol. The Morgan fingerprint density at radius 2 is 1.78 bits per heavy atom. The van der Waals surface area contributed by atoms with Gasteiger partial charge in [0.25, 0.3) is 5.91 Å². The van der Waals surface area contributed by atoms with Crippen molar-refractivity contribution in [1.82, 2.24) is 29.7 Å². The maximum Gasteiger partial charge on any atom is 0.257 e. The number of piperidine rings is 1. The lowest BCUT2D eigenvalue weighted by Crippen LogP contribution is -2.63. The molecule has 0 spiro atoms. The Morgan fingerprint density at radius 1 is 1.02 bits per heavy atom. The Hall–Kier alpha value is -2.88. The van der Waals surface area contributed by atoms with Crippen LogP contribution in [0.5, 0.6) is 5.88 Å². The zero-order valence-electron chi connectivity index (χ0n) is 24.4. The van der Waals surface area contributed by atoms with Gasteiger partial charge in [0, 0.05) is 67.5 Å². The number of aryl methyl sites for hydroxylation is 2. The molecular formula is C32H39BrN6O2. The lowest BCUT2D eigenvalue weighted by Gasteiger charge is -2.53. The van der Waals surface area contributed by atoms with E-state index in [4.69, 9.17) is 4.74 Å². The van der Waals surface area contributed by atoms with Crippen molar-refractivity contribution in [2.45, 2.75) is 70.7 Å². The molecule has 6 rings (SSSR count). The summed E-state index contributed by atoms with van der Waals surface area (Å²) in [6.07, 6.45) is 6.13. The van der Waals surface area contributed by atoms with Gasteiger partial charge >= 0.3 is 0 Å². The standard InChI is InChI=1S/C32H39BrN6O2/c1-21-19-38(32(4)10-13-37(14-11-32)31(40)29-22(2)35-20-36-23(29)3)15-16-39(21)30-26-9-8-25(33)17-24(26)18-27(30)41-28-7-5-6-12-34-28/h5-9,12,17,20-21,27,30H,10-11,13-16,18-19H2,1-4H3/t21-,27+,30-/m0/s1. The van der Waals surface area contributed by atoms with Gasteiger partial charge in [0.15, 0.2) is 0 Å². The minimum atomic E-state index is 0.0157. The number of amides is 1. The van der Waals surface area contributed by atoms with Crippen molar-refractivity contribution in [2.24, 2.45) is 0 Å². The van der Waals surface area contributed by atoms with Crippen LogP contribution in [-0.2, 0) is 6.42 Å². The predicted molar refractivity (Wildman–Crippen MR) is 162 cm³/mol. The summed E-state index contributed by atoms with van der Waals surface area (Å²) in [5.74, 6) is 0.744.